The van der Waals surface area contributed by atoms with E-state index in [4.69, 9.17) is 0 Å². The number of nitro groups is 1. The fourth-order valence-electron chi connectivity index (χ4n) is 2.50. The zero-order valence-electron chi connectivity index (χ0n) is 11.0. The molecule has 7 nitrogen and oxygen atoms in total. The highest BCUT2D eigenvalue weighted by atomic mass is 16.6. The summed E-state index contributed by atoms with van der Waals surface area (Å²) in [6.07, 6.45) is 5.05. The molecule has 1 N–H and O–H groups in total. The Morgan fingerprint density at radius 2 is 2.35 bits per heavy atom. The van der Waals surface area contributed by atoms with Gasteiger partial charge in [-0.2, -0.15) is 5.26 Å². The Bertz CT molecular complexity index is 541. The van der Waals surface area contributed by atoms with Crippen molar-refractivity contribution in [2.75, 3.05) is 18.1 Å². The van der Waals surface area contributed by atoms with Crippen molar-refractivity contribution in [3.8, 4) is 6.07 Å². The minimum Gasteiger partial charge on any atom is -0.394 e. The normalized spacial score (nSPS) is 19.2. The molecule has 0 radical (unpaired) electrons. The van der Waals surface area contributed by atoms with Crippen LogP contribution in [-0.2, 0) is 0 Å². The third-order valence-corrected chi connectivity index (χ3v) is 3.54. The van der Waals surface area contributed by atoms with E-state index < -0.39 is 4.92 Å². The molecule has 0 spiro atoms. The maximum absolute atomic E-state index is 10.7. The molecule has 7 heteroatoms. The van der Waals surface area contributed by atoms with E-state index >= 15 is 0 Å². The summed E-state index contributed by atoms with van der Waals surface area (Å²) in [5, 5.41) is 29.4. The molecule has 1 atom stereocenters. The molecule has 2 rings (SSSR count). The second kappa shape index (κ2) is 6.30. The van der Waals surface area contributed by atoms with E-state index in [-0.39, 0.29) is 23.9 Å². The van der Waals surface area contributed by atoms with Crippen molar-refractivity contribution >= 4 is 11.5 Å². The fourth-order valence-corrected chi connectivity index (χ4v) is 2.50. The van der Waals surface area contributed by atoms with Gasteiger partial charge in [-0.3, -0.25) is 10.1 Å². The third-order valence-electron chi connectivity index (χ3n) is 3.54. The highest BCUT2D eigenvalue weighted by Gasteiger charge is 2.25. The van der Waals surface area contributed by atoms with E-state index in [1.54, 1.807) is 0 Å². The van der Waals surface area contributed by atoms with Crippen LogP contribution in [0.4, 0.5) is 11.5 Å². The minimum absolute atomic E-state index is 0.0104. The summed E-state index contributed by atoms with van der Waals surface area (Å²) in [6, 6.07) is 3.12. The average molecular weight is 276 g/mol. The Morgan fingerprint density at radius 1 is 1.55 bits per heavy atom. The highest BCUT2D eigenvalue weighted by molar-refractivity contribution is 5.57. The van der Waals surface area contributed by atoms with Crippen LogP contribution in [-0.4, -0.2) is 34.2 Å². The van der Waals surface area contributed by atoms with E-state index in [2.05, 4.69) is 4.98 Å². The highest BCUT2D eigenvalue weighted by Crippen LogP contribution is 2.27. The molecule has 1 aromatic rings. The van der Waals surface area contributed by atoms with Gasteiger partial charge in [-0.1, -0.05) is 12.8 Å². The van der Waals surface area contributed by atoms with Crippen LogP contribution in [0.3, 0.4) is 0 Å². The largest absolute Gasteiger partial charge is 0.394 e. The maximum Gasteiger partial charge on any atom is 0.289 e. The smallest absolute Gasteiger partial charge is 0.289 e. The number of aliphatic hydroxyl groups is 1. The number of nitrogens with zero attached hydrogens (tertiary/aromatic N) is 4. The van der Waals surface area contributed by atoms with E-state index in [1.807, 2.05) is 11.0 Å². The molecule has 0 amide bonds. The Kier molecular flexibility index (Phi) is 4.48. The van der Waals surface area contributed by atoms with Crippen molar-refractivity contribution < 1.29 is 10.0 Å². The Hall–Kier alpha value is -2.20. The SMILES string of the molecule is N#Cc1cc([N+](=O)[O-])cnc1N1CCCCCC1CO. The van der Waals surface area contributed by atoms with Gasteiger partial charge in [-0.05, 0) is 12.8 Å². The number of hydrogen-bond donors (Lipinski definition) is 1. The lowest BCUT2D eigenvalue weighted by Gasteiger charge is -2.30. The van der Waals surface area contributed by atoms with Gasteiger partial charge in [0.25, 0.3) is 5.69 Å². The van der Waals surface area contributed by atoms with Gasteiger partial charge in [0, 0.05) is 12.6 Å². The summed E-state index contributed by atoms with van der Waals surface area (Å²) >= 11 is 0. The second-order valence-corrected chi connectivity index (χ2v) is 4.81. The molecule has 106 valence electrons. The summed E-state index contributed by atoms with van der Waals surface area (Å²) < 4.78 is 0. The molecule has 1 fully saturated rings. The Balaban J connectivity index is 2.39. The molecule has 0 aromatic carbocycles. The predicted molar refractivity (Wildman–Crippen MR) is 72.3 cm³/mol. The van der Waals surface area contributed by atoms with Crippen LogP contribution >= 0.6 is 0 Å². The molecule has 0 aliphatic carbocycles. The van der Waals surface area contributed by atoms with Gasteiger partial charge in [0.2, 0.25) is 0 Å². The van der Waals surface area contributed by atoms with Crippen LogP contribution in [0.5, 0.6) is 0 Å². The van der Waals surface area contributed by atoms with Crippen molar-refractivity contribution in [2.45, 2.75) is 31.7 Å². The summed E-state index contributed by atoms with van der Waals surface area (Å²) in [6.45, 7) is 0.689. The number of nitriles is 1. The van der Waals surface area contributed by atoms with Gasteiger partial charge in [-0.15, -0.1) is 0 Å². The molecular formula is C13H16N4O3. The van der Waals surface area contributed by atoms with Crippen molar-refractivity contribution in [2.24, 2.45) is 0 Å². The average Bonchev–Trinajstić information content (AvgIpc) is 2.71. The van der Waals surface area contributed by atoms with E-state index in [0.717, 1.165) is 31.9 Å². The quantitative estimate of drug-likeness (QED) is 0.664. The van der Waals surface area contributed by atoms with E-state index in [1.165, 1.54) is 6.07 Å². The van der Waals surface area contributed by atoms with Crippen LogP contribution in [0.15, 0.2) is 12.3 Å². The minimum atomic E-state index is -0.566. The Morgan fingerprint density at radius 3 is 3.00 bits per heavy atom. The first-order valence-electron chi connectivity index (χ1n) is 6.59. The van der Waals surface area contributed by atoms with Gasteiger partial charge < -0.3 is 10.0 Å². The lowest BCUT2D eigenvalue weighted by molar-refractivity contribution is -0.385. The molecule has 1 aromatic heterocycles. The van der Waals surface area contributed by atoms with Gasteiger partial charge >= 0.3 is 0 Å². The predicted octanol–water partition coefficient (Wildman–Crippen LogP) is 1.60. The summed E-state index contributed by atoms with van der Waals surface area (Å²) in [7, 11) is 0. The zero-order valence-corrected chi connectivity index (χ0v) is 11.0. The maximum atomic E-state index is 10.7. The van der Waals surface area contributed by atoms with Crippen LogP contribution < -0.4 is 4.90 Å². The van der Waals surface area contributed by atoms with Gasteiger partial charge in [-0.25, -0.2) is 4.98 Å². The number of aliphatic hydroxyl groups excluding tert-OH is 1. The molecule has 1 unspecified atom stereocenters. The number of rotatable bonds is 3. The Labute approximate surface area is 116 Å². The number of aromatic nitrogens is 1. The lowest BCUT2D eigenvalue weighted by Crippen LogP contribution is -2.38. The van der Waals surface area contributed by atoms with Crippen LogP contribution in [0.2, 0.25) is 0 Å². The first kappa shape index (κ1) is 14.2. The zero-order chi connectivity index (χ0) is 14.5. The van der Waals surface area contributed by atoms with Crippen LogP contribution in [0.25, 0.3) is 0 Å². The van der Waals surface area contributed by atoms with Gasteiger partial charge in [0.1, 0.15) is 23.6 Å². The van der Waals surface area contributed by atoms with Crippen LogP contribution in [0.1, 0.15) is 31.2 Å². The van der Waals surface area contributed by atoms with Crippen LogP contribution in [0, 0.1) is 21.4 Å². The summed E-state index contributed by atoms with van der Waals surface area (Å²) in [4.78, 5) is 16.2. The van der Waals surface area contributed by atoms with Gasteiger partial charge in [0.05, 0.1) is 17.6 Å². The third kappa shape index (κ3) is 2.86. The first-order valence-corrected chi connectivity index (χ1v) is 6.59. The molecule has 0 bridgehead atoms. The molecule has 20 heavy (non-hydrogen) atoms. The van der Waals surface area contributed by atoms with Gasteiger partial charge in [0.15, 0.2) is 0 Å². The standard InChI is InChI=1S/C13H16N4O3/c14-7-10-6-12(17(19)20)8-15-13(10)16-5-3-1-2-4-11(16)9-18/h6,8,11,18H,1-5,9H2. The molecule has 0 saturated carbocycles. The van der Waals surface area contributed by atoms with E-state index in [0.29, 0.717) is 12.4 Å². The topological polar surface area (TPSA) is 103 Å². The van der Waals surface area contributed by atoms with Crippen molar-refractivity contribution in [3.05, 3.63) is 27.9 Å². The number of hydrogen-bond acceptors (Lipinski definition) is 6. The molecule has 1 saturated heterocycles. The van der Waals surface area contributed by atoms with Crippen molar-refractivity contribution in [1.29, 1.82) is 5.26 Å². The lowest BCUT2D eigenvalue weighted by atomic mass is 10.1. The number of pyridine rings is 1. The molecular weight excluding hydrogens is 260 g/mol. The monoisotopic (exact) mass is 276 g/mol. The first-order chi connectivity index (χ1) is 9.67. The summed E-state index contributed by atoms with van der Waals surface area (Å²) in [5.74, 6) is 0.430. The molecule has 2 heterocycles. The molecule has 1 aliphatic rings. The molecule has 1 aliphatic heterocycles. The second-order valence-electron chi connectivity index (χ2n) is 4.81. The summed E-state index contributed by atoms with van der Waals surface area (Å²) in [5.41, 5.74) is -0.0137. The fraction of sp³-hybridized carbons (Fsp3) is 0.538. The van der Waals surface area contributed by atoms with E-state index in [9.17, 15) is 20.5 Å². The van der Waals surface area contributed by atoms with Crippen molar-refractivity contribution in [3.63, 3.8) is 0 Å². The van der Waals surface area contributed by atoms with Crippen molar-refractivity contribution in [1.82, 2.24) is 4.98 Å². The number of anilines is 1.